The summed E-state index contributed by atoms with van der Waals surface area (Å²) in [6, 6.07) is 14.8. The summed E-state index contributed by atoms with van der Waals surface area (Å²) in [4.78, 5) is 13.8. The molecule has 0 atom stereocenters. The lowest BCUT2D eigenvalue weighted by atomic mass is 10.0. The lowest BCUT2D eigenvalue weighted by molar-refractivity contribution is -0.183. The summed E-state index contributed by atoms with van der Waals surface area (Å²) in [5, 5.41) is 9.89. The van der Waals surface area contributed by atoms with Crippen molar-refractivity contribution in [3.8, 4) is 16.9 Å². The molecule has 2 aromatic rings. The van der Waals surface area contributed by atoms with E-state index in [0.717, 1.165) is 11.1 Å². The van der Waals surface area contributed by atoms with Crippen molar-refractivity contribution < 1.29 is 19.4 Å². The second-order valence-electron chi connectivity index (χ2n) is 4.16. The maximum absolute atomic E-state index is 11.6. The topological polar surface area (TPSA) is 46.5 Å². The van der Waals surface area contributed by atoms with Crippen molar-refractivity contribution in [3.05, 3.63) is 54.1 Å². The number of hydrogen-bond acceptors (Lipinski definition) is 3. The zero-order valence-corrected chi connectivity index (χ0v) is 10.2. The molecule has 0 unspecified atom stereocenters. The number of phenols is 1. The summed E-state index contributed by atoms with van der Waals surface area (Å²) in [6.45, 7) is 0. The molecule has 3 nitrogen and oxygen atoms in total. The average molecular weight is 260 g/mol. The van der Waals surface area contributed by atoms with Gasteiger partial charge in [0.1, 0.15) is 5.75 Å². The summed E-state index contributed by atoms with van der Waals surface area (Å²) in [7, 11) is 0. The lowest BCUT2D eigenvalue weighted by Gasteiger charge is -2.06. The second kappa shape index (κ2) is 6.00. The number of halogens is 1. The van der Waals surface area contributed by atoms with Gasteiger partial charge in [-0.2, -0.15) is 0 Å². The molecule has 0 aliphatic rings. The number of aryl methyl sites for hydroxylation is 1. The van der Waals surface area contributed by atoms with Crippen LogP contribution >= 0.6 is 0 Å². The van der Waals surface area contributed by atoms with Gasteiger partial charge in [-0.3, -0.25) is 4.94 Å². The van der Waals surface area contributed by atoms with Crippen LogP contribution in [0.1, 0.15) is 12.0 Å². The van der Waals surface area contributed by atoms with Crippen molar-refractivity contribution in [2.45, 2.75) is 12.8 Å². The highest BCUT2D eigenvalue weighted by atomic mass is 19.3. The molecular weight excluding hydrogens is 247 g/mol. The van der Waals surface area contributed by atoms with Gasteiger partial charge in [-0.15, -0.1) is 0 Å². The summed E-state index contributed by atoms with van der Waals surface area (Å²) < 4.78 is 11.6. The van der Waals surface area contributed by atoms with Gasteiger partial charge in [0, 0.05) is 4.53 Å². The highest BCUT2D eigenvalue weighted by Gasteiger charge is 2.08. The van der Waals surface area contributed by atoms with E-state index >= 15 is 0 Å². The van der Waals surface area contributed by atoms with Crippen molar-refractivity contribution in [2.24, 2.45) is 0 Å². The first kappa shape index (κ1) is 13.1. The SMILES string of the molecule is O=C(CCc1ccc(-c2ccccc2)cc1O)OF. The maximum Gasteiger partial charge on any atom is 0.349 e. The minimum absolute atomic E-state index is 0.0908. The first-order valence-corrected chi connectivity index (χ1v) is 5.89. The Balaban J connectivity index is 2.16. The van der Waals surface area contributed by atoms with Gasteiger partial charge in [-0.05, 0) is 29.2 Å². The number of hydrogen-bond donors (Lipinski definition) is 1. The van der Waals surface area contributed by atoms with Crippen LogP contribution in [0.15, 0.2) is 48.5 Å². The molecule has 2 aromatic carbocycles. The highest BCUT2D eigenvalue weighted by molar-refractivity contribution is 5.70. The first-order valence-electron chi connectivity index (χ1n) is 5.89. The number of aromatic hydroxyl groups is 1. The fourth-order valence-corrected chi connectivity index (χ4v) is 1.86. The van der Waals surface area contributed by atoms with Gasteiger partial charge in [0.15, 0.2) is 0 Å². The summed E-state index contributed by atoms with van der Waals surface area (Å²) in [6.07, 6.45) is 0.137. The monoisotopic (exact) mass is 260 g/mol. The molecule has 0 saturated carbocycles. The Kier molecular flexibility index (Phi) is 4.13. The third kappa shape index (κ3) is 3.31. The molecule has 0 fully saturated rings. The third-order valence-electron chi connectivity index (χ3n) is 2.88. The Morgan fingerprint density at radius 3 is 2.47 bits per heavy atom. The van der Waals surface area contributed by atoms with Crippen molar-refractivity contribution >= 4 is 5.97 Å². The van der Waals surface area contributed by atoms with E-state index in [4.69, 9.17) is 0 Å². The maximum atomic E-state index is 11.6. The number of benzene rings is 2. The zero-order valence-electron chi connectivity index (χ0n) is 10.2. The van der Waals surface area contributed by atoms with Crippen LogP contribution in [0.2, 0.25) is 0 Å². The van der Waals surface area contributed by atoms with E-state index in [-0.39, 0.29) is 18.6 Å². The molecule has 2 rings (SSSR count). The normalized spacial score (nSPS) is 10.2. The van der Waals surface area contributed by atoms with E-state index < -0.39 is 5.97 Å². The molecular formula is C15H13FO3. The molecule has 0 spiro atoms. The quantitative estimate of drug-likeness (QED) is 0.916. The van der Waals surface area contributed by atoms with Crippen LogP contribution in [0.25, 0.3) is 11.1 Å². The third-order valence-corrected chi connectivity index (χ3v) is 2.88. The summed E-state index contributed by atoms with van der Waals surface area (Å²) >= 11 is 0. The van der Waals surface area contributed by atoms with Crippen molar-refractivity contribution in [1.29, 1.82) is 0 Å². The predicted octanol–water partition coefficient (Wildman–Crippen LogP) is 3.42. The Labute approximate surface area is 110 Å². The van der Waals surface area contributed by atoms with Crippen LogP contribution in [-0.2, 0) is 16.2 Å². The molecule has 0 aromatic heterocycles. The Bertz CT molecular complexity index is 567. The molecule has 19 heavy (non-hydrogen) atoms. The molecule has 0 bridgehead atoms. The molecule has 0 aliphatic carbocycles. The van der Waals surface area contributed by atoms with Crippen LogP contribution < -0.4 is 0 Å². The second-order valence-corrected chi connectivity index (χ2v) is 4.16. The number of rotatable bonds is 4. The van der Waals surface area contributed by atoms with E-state index in [2.05, 4.69) is 4.94 Å². The van der Waals surface area contributed by atoms with Crippen LogP contribution in [0, 0.1) is 0 Å². The van der Waals surface area contributed by atoms with Gasteiger partial charge >= 0.3 is 5.97 Å². The molecule has 0 amide bonds. The summed E-state index contributed by atoms with van der Waals surface area (Å²) in [5.41, 5.74) is 2.47. The molecule has 98 valence electrons. The van der Waals surface area contributed by atoms with E-state index in [1.807, 2.05) is 36.4 Å². The molecule has 0 saturated heterocycles. The fraction of sp³-hybridized carbons (Fsp3) is 0.133. The predicted molar refractivity (Wildman–Crippen MR) is 69.1 cm³/mol. The zero-order chi connectivity index (χ0) is 13.7. The minimum Gasteiger partial charge on any atom is -0.508 e. The lowest BCUT2D eigenvalue weighted by Crippen LogP contribution is -1.99. The molecule has 0 heterocycles. The van der Waals surface area contributed by atoms with Gasteiger partial charge < -0.3 is 5.11 Å². The van der Waals surface area contributed by atoms with E-state index in [9.17, 15) is 14.4 Å². The van der Waals surface area contributed by atoms with Crippen molar-refractivity contribution in [2.75, 3.05) is 0 Å². The first-order chi connectivity index (χ1) is 9.20. The molecule has 0 radical (unpaired) electrons. The van der Waals surface area contributed by atoms with Crippen molar-refractivity contribution in [1.82, 2.24) is 0 Å². The Hall–Kier alpha value is -2.36. The van der Waals surface area contributed by atoms with E-state index in [0.29, 0.717) is 5.56 Å². The van der Waals surface area contributed by atoms with Gasteiger partial charge in [0.2, 0.25) is 0 Å². The number of carbonyl (C=O) groups excluding carboxylic acids is 1. The number of carbonyl (C=O) groups is 1. The molecule has 1 N–H and O–H groups in total. The van der Waals surface area contributed by atoms with Crippen molar-refractivity contribution in [3.63, 3.8) is 0 Å². The average Bonchev–Trinajstić information content (AvgIpc) is 2.46. The van der Waals surface area contributed by atoms with Gasteiger partial charge in [-0.1, -0.05) is 42.5 Å². The fourth-order valence-electron chi connectivity index (χ4n) is 1.86. The summed E-state index contributed by atoms with van der Waals surface area (Å²) in [5.74, 6) is -0.848. The molecule has 0 aliphatic heterocycles. The van der Waals surface area contributed by atoms with Crippen LogP contribution in [0.5, 0.6) is 5.75 Å². The van der Waals surface area contributed by atoms with Gasteiger partial charge in [0.25, 0.3) is 0 Å². The largest absolute Gasteiger partial charge is 0.508 e. The Morgan fingerprint density at radius 2 is 1.84 bits per heavy atom. The molecule has 4 heteroatoms. The van der Waals surface area contributed by atoms with Crippen LogP contribution in [0.3, 0.4) is 0 Å². The Morgan fingerprint density at radius 1 is 1.11 bits per heavy atom. The number of phenolic OH excluding ortho intramolecular Hbond substituents is 1. The van der Waals surface area contributed by atoms with Gasteiger partial charge in [-0.25, -0.2) is 4.79 Å². The van der Waals surface area contributed by atoms with E-state index in [1.54, 1.807) is 12.1 Å². The van der Waals surface area contributed by atoms with Crippen LogP contribution in [0.4, 0.5) is 4.53 Å². The smallest absolute Gasteiger partial charge is 0.349 e. The van der Waals surface area contributed by atoms with Gasteiger partial charge in [0.05, 0.1) is 6.42 Å². The minimum atomic E-state index is -0.938. The standard InChI is InChI=1S/C15H13FO3/c16-19-15(18)9-8-12-6-7-13(10-14(12)17)11-4-2-1-3-5-11/h1-7,10,17H,8-9H2. The highest BCUT2D eigenvalue weighted by Crippen LogP contribution is 2.27. The van der Waals surface area contributed by atoms with E-state index in [1.165, 1.54) is 0 Å². The van der Waals surface area contributed by atoms with Crippen LogP contribution in [-0.4, -0.2) is 11.1 Å².